The fourth-order valence-electron chi connectivity index (χ4n) is 3.92. The van der Waals surface area contributed by atoms with Crippen LogP contribution in [0.25, 0.3) is 11.2 Å². The van der Waals surface area contributed by atoms with Crippen molar-refractivity contribution < 1.29 is 14.3 Å². The van der Waals surface area contributed by atoms with Crippen molar-refractivity contribution in [2.45, 2.75) is 33.2 Å². The van der Waals surface area contributed by atoms with Crippen LogP contribution in [0.2, 0.25) is 0 Å². The molecule has 0 bridgehead atoms. The molecule has 2 aliphatic rings. The highest BCUT2D eigenvalue weighted by atomic mass is 16.5. The molecule has 0 N–H and O–H groups in total. The van der Waals surface area contributed by atoms with Crippen molar-refractivity contribution in [1.82, 2.24) is 29.9 Å². The number of aryl methyl sites for hydroxylation is 1. The molecule has 2 aromatic heterocycles. The maximum atomic E-state index is 12.9. The summed E-state index contributed by atoms with van der Waals surface area (Å²) in [4.78, 5) is 37.4. The van der Waals surface area contributed by atoms with Crippen molar-refractivity contribution in [1.29, 1.82) is 0 Å². The van der Waals surface area contributed by atoms with Crippen LogP contribution in [0, 0.1) is 11.8 Å². The monoisotopic (exact) mass is 387 g/mol. The standard InChI is InChI=1S/C18H25N7O3/c1-3-25-16-14(21-22-25)15(19-11-20-16)24-9-13(10-24)17(26)23-7-5-6-12(8-23)18(27)28-4-2/h11-13H,3-10H2,1-2H3. The highest BCUT2D eigenvalue weighted by Gasteiger charge is 2.39. The largest absolute Gasteiger partial charge is 0.466 e. The lowest BCUT2D eigenvalue weighted by Gasteiger charge is -2.42. The lowest BCUT2D eigenvalue weighted by atomic mass is 9.93. The third-order valence-electron chi connectivity index (χ3n) is 5.46. The van der Waals surface area contributed by atoms with Crippen LogP contribution in [-0.2, 0) is 20.9 Å². The number of likely N-dealkylation sites (tertiary alicyclic amines) is 1. The normalized spacial score (nSPS) is 20.3. The van der Waals surface area contributed by atoms with E-state index in [1.54, 1.807) is 11.6 Å². The van der Waals surface area contributed by atoms with Gasteiger partial charge in [0.25, 0.3) is 0 Å². The fourth-order valence-corrected chi connectivity index (χ4v) is 3.92. The second kappa shape index (κ2) is 7.69. The molecule has 28 heavy (non-hydrogen) atoms. The Bertz CT molecular complexity index is 877. The minimum atomic E-state index is -0.209. The SMILES string of the molecule is CCOC(=O)C1CCCN(C(=O)C2CN(c3ncnc4c3nnn4CC)C2)C1. The topological polar surface area (TPSA) is 106 Å². The lowest BCUT2D eigenvalue weighted by Crippen LogP contribution is -2.56. The van der Waals surface area contributed by atoms with Gasteiger partial charge in [-0.2, -0.15) is 0 Å². The Hall–Kier alpha value is -2.78. The average Bonchev–Trinajstić information content (AvgIpc) is 3.11. The van der Waals surface area contributed by atoms with E-state index < -0.39 is 0 Å². The Balaban J connectivity index is 1.39. The van der Waals surface area contributed by atoms with E-state index >= 15 is 0 Å². The van der Waals surface area contributed by atoms with E-state index in [4.69, 9.17) is 4.74 Å². The van der Waals surface area contributed by atoms with E-state index in [1.807, 2.05) is 16.7 Å². The molecule has 2 fully saturated rings. The molecule has 0 spiro atoms. The van der Waals surface area contributed by atoms with Gasteiger partial charge in [-0.25, -0.2) is 14.6 Å². The van der Waals surface area contributed by atoms with Crippen molar-refractivity contribution in [2.24, 2.45) is 11.8 Å². The molecule has 1 atom stereocenters. The first kappa shape index (κ1) is 18.6. The number of fused-ring (bicyclic) bond motifs is 1. The van der Waals surface area contributed by atoms with Gasteiger partial charge in [-0.1, -0.05) is 5.21 Å². The first-order valence-corrected chi connectivity index (χ1v) is 9.86. The fraction of sp³-hybridized carbons (Fsp3) is 0.667. The van der Waals surface area contributed by atoms with E-state index in [-0.39, 0.29) is 23.7 Å². The van der Waals surface area contributed by atoms with Crippen LogP contribution in [0.5, 0.6) is 0 Å². The van der Waals surface area contributed by atoms with Crippen LogP contribution in [0.4, 0.5) is 5.82 Å². The third kappa shape index (κ3) is 3.27. The number of rotatable bonds is 5. The number of hydrogen-bond acceptors (Lipinski definition) is 8. The zero-order chi connectivity index (χ0) is 19.7. The van der Waals surface area contributed by atoms with Gasteiger partial charge in [-0.05, 0) is 26.7 Å². The molecule has 0 saturated carbocycles. The lowest BCUT2D eigenvalue weighted by molar-refractivity contribution is -0.152. The summed E-state index contributed by atoms with van der Waals surface area (Å²) in [6.45, 7) is 7.17. The first-order chi connectivity index (χ1) is 13.6. The molecule has 10 nitrogen and oxygen atoms in total. The molecule has 1 amide bonds. The first-order valence-electron chi connectivity index (χ1n) is 9.86. The predicted molar refractivity (Wildman–Crippen MR) is 100 cm³/mol. The Morgan fingerprint density at radius 1 is 1.18 bits per heavy atom. The Morgan fingerprint density at radius 3 is 2.75 bits per heavy atom. The van der Waals surface area contributed by atoms with Crippen molar-refractivity contribution in [3.8, 4) is 0 Å². The third-order valence-corrected chi connectivity index (χ3v) is 5.46. The quantitative estimate of drug-likeness (QED) is 0.682. The summed E-state index contributed by atoms with van der Waals surface area (Å²) in [6, 6.07) is 0. The molecule has 0 aliphatic carbocycles. The molecule has 2 aromatic rings. The highest BCUT2D eigenvalue weighted by molar-refractivity contribution is 5.87. The number of nitrogens with zero attached hydrogens (tertiary/aromatic N) is 7. The minimum Gasteiger partial charge on any atom is -0.466 e. The second-order valence-electron chi connectivity index (χ2n) is 7.25. The number of ether oxygens (including phenoxy) is 1. The van der Waals surface area contributed by atoms with Gasteiger partial charge < -0.3 is 14.5 Å². The number of piperidine rings is 1. The van der Waals surface area contributed by atoms with Crippen LogP contribution in [-0.4, -0.2) is 74.5 Å². The number of amides is 1. The molecule has 150 valence electrons. The van der Waals surface area contributed by atoms with Gasteiger partial charge in [-0.15, -0.1) is 5.10 Å². The molecule has 1 unspecified atom stereocenters. The molecule has 2 saturated heterocycles. The molecule has 0 radical (unpaired) electrons. The number of hydrogen-bond donors (Lipinski definition) is 0. The van der Waals surface area contributed by atoms with Crippen LogP contribution in [0.1, 0.15) is 26.7 Å². The zero-order valence-corrected chi connectivity index (χ0v) is 16.2. The second-order valence-corrected chi connectivity index (χ2v) is 7.25. The summed E-state index contributed by atoms with van der Waals surface area (Å²) in [5.41, 5.74) is 1.37. The van der Waals surface area contributed by atoms with Crippen molar-refractivity contribution >= 4 is 28.9 Å². The van der Waals surface area contributed by atoms with E-state index in [0.717, 1.165) is 18.7 Å². The maximum absolute atomic E-state index is 12.9. The van der Waals surface area contributed by atoms with Gasteiger partial charge >= 0.3 is 5.97 Å². The summed E-state index contributed by atoms with van der Waals surface area (Å²) < 4.78 is 6.85. The predicted octanol–water partition coefficient (Wildman–Crippen LogP) is 0.479. The van der Waals surface area contributed by atoms with Gasteiger partial charge in [0.15, 0.2) is 17.0 Å². The van der Waals surface area contributed by atoms with Gasteiger partial charge in [-0.3, -0.25) is 9.59 Å². The number of carbonyl (C=O) groups is 2. The van der Waals surface area contributed by atoms with Gasteiger partial charge in [0.2, 0.25) is 5.91 Å². The van der Waals surface area contributed by atoms with Gasteiger partial charge in [0.1, 0.15) is 6.33 Å². The summed E-state index contributed by atoms with van der Waals surface area (Å²) >= 11 is 0. The highest BCUT2D eigenvalue weighted by Crippen LogP contribution is 2.29. The molecule has 4 heterocycles. The molecule has 2 aliphatic heterocycles. The van der Waals surface area contributed by atoms with E-state index in [2.05, 4.69) is 20.3 Å². The molecule has 0 aromatic carbocycles. The van der Waals surface area contributed by atoms with Gasteiger partial charge in [0.05, 0.1) is 18.4 Å². The number of anilines is 1. The zero-order valence-electron chi connectivity index (χ0n) is 16.2. The number of carbonyl (C=O) groups excluding carboxylic acids is 2. The molecular formula is C18H25N7O3. The van der Waals surface area contributed by atoms with Crippen LogP contribution < -0.4 is 4.90 Å². The van der Waals surface area contributed by atoms with E-state index in [9.17, 15) is 9.59 Å². The molecule has 10 heteroatoms. The van der Waals surface area contributed by atoms with Crippen LogP contribution in [0.15, 0.2) is 6.33 Å². The Morgan fingerprint density at radius 2 is 2.00 bits per heavy atom. The van der Waals surface area contributed by atoms with Gasteiger partial charge in [0, 0.05) is 32.7 Å². The van der Waals surface area contributed by atoms with Crippen molar-refractivity contribution in [3.05, 3.63) is 6.33 Å². The average molecular weight is 387 g/mol. The maximum Gasteiger partial charge on any atom is 0.310 e. The van der Waals surface area contributed by atoms with E-state index in [1.165, 1.54) is 6.33 Å². The smallest absolute Gasteiger partial charge is 0.310 e. The number of aromatic nitrogens is 5. The minimum absolute atomic E-state index is 0.0906. The summed E-state index contributed by atoms with van der Waals surface area (Å²) in [5.74, 6) is 0.328. The summed E-state index contributed by atoms with van der Waals surface area (Å²) in [7, 11) is 0. The van der Waals surface area contributed by atoms with Crippen LogP contribution >= 0.6 is 0 Å². The Labute approximate surface area is 162 Å². The van der Waals surface area contributed by atoms with Crippen LogP contribution in [0.3, 0.4) is 0 Å². The summed E-state index contributed by atoms with van der Waals surface area (Å²) in [5, 5.41) is 8.30. The van der Waals surface area contributed by atoms with Crippen molar-refractivity contribution in [2.75, 3.05) is 37.7 Å². The molecular weight excluding hydrogens is 362 g/mol. The van der Waals surface area contributed by atoms with Crippen molar-refractivity contribution in [3.63, 3.8) is 0 Å². The molecule has 4 rings (SSSR count). The Kier molecular flexibility index (Phi) is 5.10. The van der Waals surface area contributed by atoms with E-state index in [0.29, 0.717) is 50.5 Å². The number of esters is 1. The summed E-state index contributed by atoms with van der Waals surface area (Å²) in [6.07, 6.45) is 3.13.